The van der Waals surface area contributed by atoms with Crippen molar-refractivity contribution < 1.29 is 69.6 Å². The standard InChI is InChI=1S/C20H37N5O14/c21-3(1-26)13-11(32)12(33)17(34)20(37-13)38-15-7(28)4(2-27)35-18(16(15)39-20)36-14-9(30)5(22)8(29)6(10(14)31)25-19(23)24/h3-18,26-34H,1-2,21-22H2,(H4,23,24,25). The molecule has 19 heteroatoms. The van der Waals surface area contributed by atoms with Gasteiger partial charge in [-0.25, -0.2) is 4.99 Å². The normalized spacial score (nSPS) is 52.8. The molecule has 0 bridgehead atoms. The van der Waals surface area contributed by atoms with Crippen molar-refractivity contribution >= 4 is 5.96 Å². The first kappa shape index (κ1) is 30.6. The predicted octanol–water partition coefficient (Wildman–Crippen LogP) is -9.25. The molecule has 4 aliphatic rings. The molecule has 19 nitrogen and oxygen atoms in total. The van der Waals surface area contributed by atoms with Crippen molar-refractivity contribution in [2.75, 3.05) is 13.2 Å². The van der Waals surface area contributed by atoms with Crippen LogP contribution in [0, 0.1) is 0 Å². The van der Waals surface area contributed by atoms with Gasteiger partial charge in [0.15, 0.2) is 18.4 Å². The zero-order valence-corrected chi connectivity index (χ0v) is 20.5. The number of rotatable bonds is 6. The third kappa shape index (κ3) is 5.23. The Balaban J connectivity index is 1.64. The minimum atomic E-state index is -2.57. The Kier molecular flexibility index (Phi) is 9.01. The average Bonchev–Trinajstić information content (AvgIpc) is 3.30. The summed E-state index contributed by atoms with van der Waals surface area (Å²) >= 11 is 0. The molecule has 1 spiro atoms. The first-order valence-corrected chi connectivity index (χ1v) is 12.2. The van der Waals surface area contributed by atoms with E-state index in [4.69, 9.17) is 46.6 Å². The number of nitrogens with two attached hydrogens (primary N) is 4. The molecule has 1 saturated carbocycles. The van der Waals surface area contributed by atoms with Gasteiger partial charge in [-0.1, -0.05) is 0 Å². The number of nitrogens with zero attached hydrogens (tertiary/aromatic N) is 1. The van der Waals surface area contributed by atoms with Crippen LogP contribution in [0.1, 0.15) is 0 Å². The van der Waals surface area contributed by atoms with Crippen molar-refractivity contribution in [2.24, 2.45) is 27.9 Å². The summed E-state index contributed by atoms with van der Waals surface area (Å²) in [4.78, 5) is 3.75. The van der Waals surface area contributed by atoms with Crippen LogP contribution in [0.3, 0.4) is 0 Å². The Morgan fingerprint density at radius 1 is 0.846 bits per heavy atom. The highest BCUT2D eigenvalue weighted by atomic mass is 16.9. The monoisotopic (exact) mass is 571 g/mol. The van der Waals surface area contributed by atoms with Crippen molar-refractivity contribution in [3.63, 3.8) is 0 Å². The SMILES string of the molecule is NC(N)=NC1C(O)C(N)C(O)C(OC2OC(CO)C(O)C3OC4(OC(C(N)CO)C(O)C(O)C4O)OC23)C1O. The van der Waals surface area contributed by atoms with E-state index in [-0.39, 0.29) is 0 Å². The van der Waals surface area contributed by atoms with Gasteiger partial charge in [-0.15, -0.1) is 0 Å². The van der Waals surface area contributed by atoms with Crippen LogP contribution >= 0.6 is 0 Å². The highest BCUT2D eigenvalue weighted by molar-refractivity contribution is 5.76. The minimum absolute atomic E-state index is 0.493. The van der Waals surface area contributed by atoms with Gasteiger partial charge in [-0.3, -0.25) is 0 Å². The summed E-state index contributed by atoms with van der Waals surface area (Å²) in [6, 6.07) is -4.09. The Hall–Kier alpha value is -1.37. The summed E-state index contributed by atoms with van der Waals surface area (Å²) in [6.45, 7) is -1.47. The van der Waals surface area contributed by atoms with Gasteiger partial charge in [0.1, 0.15) is 67.1 Å². The van der Waals surface area contributed by atoms with Crippen molar-refractivity contribution in [1.29, 1.82) is 0 Å². The maximum absolute atomic E-state index is 10.8. The number of ether oxygens (including phenoxy) is 5. The Morgan fingerprint density at radius 3 is 2.08 bits per heavy atom. The summed E-state index contributed by atoms with van der Waals surface area (Å²) < 4.78 is 28.5. The smallest absolute Gasteiger partial charge is 0.314 e. The van der Waals surface area contributed by atoms with Gasteiger partial charge in [0, 0.05) is 0 Å². The summed E-state index contributed by atoms with van der Waals surface area (Å²) in [5.41, 5.74) is 22.4. The van der Waals surface area contributed by atoms with E-state index in [0.717, 1.165) is 0 Å². The molecule has 0 aromatic heterocycles. The van der Waals surface area contributed by atoms with Crippen LogP contribution in [-0.2, 0) is 23.7 Å². The molecule has 39 heavy (non-hydrogen) atoms. The fourth-order valence-electron chi connectivity index (χ4n) is 5.26. The van der Waals surface area contributed by atoms with Crippen LogP contribution in [0.4, 0.5) is 0 Å². The fraction of sp³-hybridized carbons (Fsp3) is 0.950. The number of guanidine groups is 1. The molecular formula is C20H37N5O14. The summed E-state index contributed by atoms with van der Waals surface area (Å²) in [5.74, 6) is -3.06. The lowest BCUT2D eigenvalue weighted by Crippen LogP contribution is -2.69. The van der Waals surface area contributed by atoms with Gasteiger partial charge in [0.2, 0.25) is 0 Å². The number of aliphatic hydroxyl groups is 9. The molecule has 17 N–H and O–H groups in total. The lowest BCUT2D eigenvalue weighted by Gasteiger charge is -2.46. The maximum atomic E-state index is 10.8. The highest BCUT2D eigenvalue weighted by Crippen LogP contribution is 2.45. The molecule has 17 unspecified atom stereocenters. The Bertz CT molecular complexity index is 888. The summed E-state index contributed by atoms with van der Waals surface area (Å²) in [5, 5.41) is 93.4. The molecule has 1 aliphatic carbocycles. The van der Waals surface area contributed by atoms with Gasteiger partial charge in [-0.2, -0.15) is 0 Å². The van der Waals surface area contributed by atoms with Gasteiger partial charge in [-0.05, 0) is 0 Å². The van der Waals surface area contributed by atoms with E-state index in [1.54, 1.807) is 0 Å². The van der Waals surface area contributed by atoms with Crippen molar-refractivity contribution in [3.8, 4) is 0 Å². The molecule has 0 aromatic rings. The second kappa shape index (κ2) is 11.5. The number of aliphatic imine (C=N–C) groups is 1. The largest absolute Gasteiger partial charge is 0.395 e. The van der Waals surface area contributed by atoms with Crippen LogP contribution < -0.4 is 22.9 Å². The average molecular weight is 572 g/mol. The Morgan fingerprint density at radius 2 is 1.49 bits per heavy atom. The topological polar surface area (TPSA) is 345 Å². The molecule has 3 saturated heterocycles. The molecule has 0 aromatic carbocycles. The minimum Gasteiger partial charge on any atom is -0.395 e. The van der Waals surface area contributed by atoms with Crippen LogP contribution in [0.2, 0.25) is 0 Å². The first-order valence-electron chi connectivity index (χ1n) is 12.2. The van der Waals surface area contributed by atoms with E-state index in [2.05, 4.69) is 4.99 Å². The zero-order chi connectivity index (χ0) is 29.0. The van der Waals surface area contributed by atoms with Crippen LogP contribution in [0.25, 0.3) is 0 Å². The first-order chi connectivity index (χ1) is 18.3. The zero-order valence-electron chi connectivity index (χ0n) is 20.5. The van der Waals surface area contributed by atoms with Gasteiger partial charge < -0.3 is 92.6 Å². The second-order valence-corrected chi connectivity index (χ2v) is 10.0. The maximum Gasteiger partial charge on any atom is 0.314 e. The molecule has 3 aliphatic heterocycles. The van der Waals surface area contributed by atoms with Gasteiger partial charge in [0.05, 0.1) is 31.4 Å². The Labute approximate surface area is 221 Å². The summed E-state index contributed by atoms with van der Waals surface area (Å²) in [7, 11) is 0. The number of fused-ring (bicyclic) bond motifs is 1. The molecule has 4 fully saturated rings. The number of aliphatic hydroxyl groups excluding tert-OH is 9. The van der Waals surface area contributed by atoms with Crippen LogP contribution in [0.15, 0.2) is 4.99 Å². The van der Waals surface area contributed by atoms with Crippen LogP contribution in [-0.4, -0.2) is 169 Å². The predicted molar refractivity (Wildman–Crippen MR) is 123 cm³/mol. The van der Waals surface area contributed by atoms with E-state index < -0.39 is 123 Å². The molecule has 3 heterocycles. The van der Waals surface area contributed by atoms with Crippen molar-refractivity contribution in [2.45, 2.75) is 104 Å². The van der Waals surface area contributed by atoms with Crippen molar-refractivity contribution in [1.82, 2.24) is 0 Å². The highest BCUT2D eigenvalue weighted by Gasteiger charge is 2.67. The van der Waals surface area contributed by atoms with Crippen LogP contribution in [0.5, 0.6) is 0 Å². The van der Waals surface area contributed by atoms with Gasteiger partial charge in [0.25, 0.3) is 0 Å². The van der Waals surface area contributed by atoms with E-state index in [0.29, 0.717) is 0 Å². The third-order valence-corrected chi connectivity index (χ3v) is 7.46. The molecule has 0 radical (unpaired) electrons. The lowest BCUT2D eigenvalue weighted by molar-refractivity contribution is -0.439. The quantitative estimate of drug-likeness (QED) is 0.104. The number of hydrogen-bond donors (Lipinski definition) is 13. The molecular weight excluding hydrogens is 534 g/mol. The number of hydrogen-bond acceptors (Lipinski definition) is 17. The molecule has 0 amide bonds. The molecule has 17 atom stereocenters. The van der Waals surface area contributed by atoms with Gasteiger partial charge >= 0.3 is 5.97 Å². The summed E-state index contributed by atoms with van der Waals surface area (Å²) in [6.07, 6.45) is -21.7. The fourth-order valence-corrected chi connectivity index (χ4v) is 5.26. The van der Waals surface area contributed by atoms with E-state index in [9.17, 15) is 46.0 Å². The lowest BCUT2D eigenvalue weighted by atomic mass is 9.82. The second-order valence-electron chi connectivity index (χ2n) is 10.0. The van der Waals surface area contributed by atoms with Crippen molar-refractivity contribution in [3.05, 3.63) is 0 Å². The molecule has 226 valence electrons. The molecule has 4 rings (SSSR count). The third-order valence-electron chi connectivity index (χ3n) is 7.46. The van der Waals surface area contributed by atoms with E-state index >= 15 is 0 Å². The van der Waals surface area contributed by atoms with E-state index in [1.807, 2.05) is 0 Å². The van der Waals surface area contributed by atoms with E-state index in [1.165, 1.54) is 0 Å².